The van der Waals surface area contributed by atoms with E-state index in [-0.39, 0.29) is 12.5 Å². The van der Waals surface area contributed by atoms with Crippen LogP contribution in [-0.4, -0.2) is 68.5 Å². The number of carbonyl (C=O) groups excluding carboxylic acids is 1. The molecule has 2 N–H and O–H groups in total. The molecule has 8 nitrogen and oxygen atoms in total. The number of phosphoric acid groups is 1. The third-order valence-electron chi connectivity index (χ3n) is 11.3. The van der Waals surface area contributed by atoms with Crippen LogP contribution in [0.1, 0.15) is 232 Å². The van der Waals surface area contributed by atoms with Crippen molar-refractivity contribution in [3.05, 3.63) is 36.5 Å². The molecule has 0 bridgehead atoms. The molecule has 9 heteroatoms. The molecular weight excluding hydrogens is 768 g/mol. The average Bonchev–Trinajstić information content (AvgIpc) is 3.20. The third kappa shape index (κ3) is 44.8. The van der Waals surface area contributed by atoms with Gasteiger partial charge in [-0.05, 0) is 57.8 Å². The van der Waals surface area contributed by atoms with Gasteiger partial charge in [-0.3, -0.25) is 9.36 Å². The Morgan fingerprint density at radius 3 is 1.37 bits per heavy atom. The van der Waals surface area contributed by atoms with Crippen molar-refractivity contribution in [2.45, 2.75) is 244 Å². The largest absolute Gasteiger partial charge is 0.756 e. The van der Waals surface area contributed by atoms with E-state index < -0.39 is 26.6 Å². The van der Waals surface area contributed by atoms with Gasteiger partial charge in [0.1, 0.15) is 13.2 Å². The lowest BCUT2D eigenvalue weighted by Gasteiger charge is -2.29. The zero-order chi connectivity index (χ0) is 44.3. The van der Waals surface area contributed by atoms with Crippen LogP contribution in [0.25, 0.3) is 0 Å². The second-order valence-corrected chi connectivity index (χ2v) is 19.9. The molecule has 0 radical (unpaired) electrons. The SMILES string of the molecule is CCCCCC/C=C/CC/C=C/C(O)C(COP(=O)([O-])OCC[N+](C)(C)C)NC(=O)CCCCCCCCCCCCCC/C=C\CCCCCCCCCCCCCC. The van der Waals surface area contributed by atoms with Crippen molar-refractivity contribution < 1.29 is 32.9 Å². The summed E-state index contributed by atoms with van der Waals surface area (Å²) in [6, 6.07) is -0.900. The lowest BCUT2D eigenvalue weighted by molar-refractivity contribution is -0.870. The second-order valence-electron chi connectivity index (χ2n) is 18.5. The Labute approximate surface area is 372 Å². The summed E-state index contributed by atoms with van der Waals surface area (Å²) in [5.41, 5.74) is 0. The van der Waals surface area contributed by atoms with Crippen LogP contribution >= 0.6 is 7.82 Å². The van der Waals surface area contributed by atoms with Crippen LogP contribution in [0, 0.1) is 0 Å². The van der Waals surface area contributed by atoms with Crippen LogP contribution in [0.2, 0.25) is 0 Å². The fourth-order valence-corrected chi connectivity index (χ4v) is 8.00. The first-order valence-corrected chi connectivity index (χ1v) is 26.8. The first kappa shape index (κ1) is 58.7. The Kier molecular flexibility index (Phi) is 42.1. The molecule has 0 rings (SSSR count). The van der Waals surface area contributed by atoms with E-state index in [9.17, 15) is 19.4 Å². The molecule has 1 amide bonds. The fraction of sp³-hybridized carbons (Fsp3) is 0.863. The van der Waals surface area contributed by atoms with Crippen molar-refractivity contribution in [1.82, 2.24) is 5.32 Å². The molecule has 0 fully saturated rings. The van der Waals surface area contributed by atoms with E-state index in [0.717, 1.165) is 38.5 Å². The molecule has 60 heavy (non-hydrogen) atoms. The van der Waals surface area contributed by atoms with Gasteiger partial charge in [-0.15, -0.1) is 0 Å². The minimum Gasteiger partial charge on any atom is -0.756 e. The molecule has 0 aliphatic rings. The number of allylic oxidation sites excluding steroid dienone is 5. The van der Waals surface area contributed by atoms with Crippen LogP contribution in [0.5, 0.6) is 0 Å². The molecule has 0 aliphatic carbocycles. The highest BCUT2D eigenvalue weighted by Gasteiger charge is 2.23. The van der Waals surface area contributed by atoms with E-state index in [0.29, 0.717) is 17.4 Å². The molecule has 0 heterocycles. The lowest BCUT2D eigenvalue weighted by Crippen LogP contribution is -2.45. The molecule has 0 saturated heterocycles. The number of unbranched alkanes of at least 4 members (excludes halogenated alkanes) is 29. The summed E-state index contributed by atoms with van der Waals surface area (Å²) in [4.78, 5) is 25.3. The number of amides is 1. The number of hydrogen-bond acceptors (Lipinski definition) is 6. The van der Waals surface area contributed by atoms with Crippen molar-refractivity contribution in [2.75, 3.05) is 40.9 Å². The predicted octanol–water partition coefficient (Wildman–Crippen LogP) is 14.0. The van der Waals surface area contributed by atoms with E-state index in [4.69, 9.17) is 9.05 Å². The van der Waals surface area contributed by atoms with Gasteiger partial charge in [-0.2, -0.15) is 0 Å². The zero-order valence-corrected chi connectivity index (χ0v) is 41.1. The predicted molar refractivity (Wildman–Crippen MR) is 256 cm³/mol. The standard InChI is InChI=1S/C51H99N2O6P/c1-6-8-10-12-14-16-18-19-20-21-22-23-24-25-26-27-28-29-30-31-32-33-34-35-37-39-41-43-45-51(55)52-49(48-59-60(56,57)58-47-46-53(3,4)5)50(54)44-42-40-38-36-17-15-13-11-9-7-2/h17,25-26,36,42,44,49-50,54H,6-16,18-24,27-35,37-41,43,45-48H2,1-5H3,(H-,52,55,56,57)/b26-25-,36-17+,44-42+. The lowest BCUT2D eigenvalue weighted by atomic mass is 10.0. The van der Waals surface area contributed by atoms with Crippen LogP contribution in [-0.2, 0) is 18.4 Å². The van der Waals surface area contributed by atoms with Gasteiger partial charge in [0.15, 0.2) is 0 Å². The Morgan fingerprint density at radius 1 is 0.567 bits per heavy atom. The number of nitrogens with zero attached hydrogens (tertiary/aromatic N) is 1. The van der Waals surface area contributed by atoms with Gasteiger partial charge < -0.3 is 28.8 Å². The molecule has 0 aromatic carbocycles. The van der Waals surface area contributed by atoms with Gasteiger partial charge >= 0.3 is 0 Å². The molecular formula is C51H99N2O6P. The van der Waals surface area contributed by atoms with Crippen molar-refractivity contribution >= 4 is 13.7 Å². The Balaban J connectivity index is 4.08. The number of aliphatic hydroxyl groups excluding tert-OH is 1. The molecule has 0 saturated carbocycles. The summed E-state index contributed by atoms with van der Waals surface area (Å²) in [6.45, 7) is 4.60. The number of quaternary nitrogens is 1. The number of hydrogen-bond donors (Lipinski definition) is 2. The summed E-state index contributed by atoms with van der Waals surface area (Å²) in [5, 5.41) is 13.7. The molecule has 0 aliphatic heterocycles. The van der Waals surface area contributed by atoms with Crippen molar-refractivity contribution in [1.29, 1.82) is 0 Å². The van der Waals surface area contributed by atoms with E-state index in [1.807, 2.05) is 27.2 Å². The second kappa shape index (κ2) is 43.0. The van der Waals surface area contributed by atoms with Gasteiger partial charge in [0.05, 0.1) is 39.9 Å². The van der Waals surface area contributed by atoms with Crippen molar-refractivity contribution in [2.24, 2.45) is 0 Å². The maximum atomic E-state index is 12.9. The normalized spacial score (nSPS) is 14.4. The first-order chi connectivity index (χ1) is 29.0. The van der Waals surface area contributed by atoms with E-state index in [1.165, 1.54) is 173 Å². The van der Waals surface area contributed by atoms with E-state index >= 15 is 0 Å². The number of aliphatic hydroxyl groups is 1. The summed E-state index contributed by atoms with van der Waals surface area (Å²) >= 11 is 0. The van der Waals surface area contributed by atoms with Gasteiger partial charge in [-0.25, -0.2) is 0 Å². The van der Waals surface area contributed by atoms with E-state index in [2.05, 4.69) is 43.5 Å². The average molecular weight is 867 g/mol. The van der Waals surface area contributed by atoms with Crippen molar-refractivity contribution in [3.63, 3.8) is 0 Å². The smallest absolute Gasteiger partial charge is 0.268 e. The maximum absolute atomic E-state index is 12.9. The molecule has 3 atom stereocenters. The number of likely N-dealkylation sites (N-methyl/N-ethyl adjacent to an activating group) is 1. The van der Waals surface area contributed by atoms with Crippen molar-refractivity contribution in [3.8, 4) is 0 Å². The highest BCUT2D eigenvalue weighted by atomic mass is 31.2. The Bertz CT molecular complexity index is 1070. The molecule has 0 spiro atoms. The summed E-state index contributed by atoms with van der Waals surface area (Å²) in [5.74, 6) is -0.209. The quantitative estimate of drug-likeness (QED) is 0.0273. The first-order valence-electron chi connectivity index (χ1n) is 25.4. The van der Waals surface area contributed by atoms with Crippen LogP contribution in [0.15, 0.2) is 36.5 Å². The van der Waals surface area contributed by atoms with Crippen LogP contribution in [0.3, 0.4) is 0 Å². The zero-order valence-electron chi connectivity index (χ0n) is 40.2. The number of carbonyl (C=O) groups is 1. The molecule has 354 valence electrons. The molecule has 0 aromatic rings. The van der Waals surface area contributed by atoms with Gasteiger partial charge in [0.25, 0.3) is 7.82 Å². The van der Waals surface area contributed by atoms with Crippen LogP contribution < -0.4 is 10.2 Å². The van der Waals surface area contributed by atoms with Gasteiger partial charge in [-0.1, -0.05) is 204 Å². The third-order valence-corrected chi connectivity index (χ3v) is 12.3. The Morgan fingerprint density at radius 2 is 0.933 bits per heavy atom. The highest BCUT2D eigenvalue weighted by molar-refractivity contribution is 7.45. The number of phosphoric ester groups is 1. The number of nitrogens with one attached hydrogen (secondary N) is 1. The highest BCUT2D eigenvalue weighted by Crippen LogP contribution is 2.38. The number of rotatable bonds is 46. The summed E-state index contributed by atoms with van der Waals surface area (Å²) in [6.07, 6.45) is 53.7. The fourth-order valence-electron chi connectivity index (χ4n) is 7.28. The van der Waals surface area contributed by atoms with Gasteiger partial charge in [0, 0.05) is 6.42 Å². The monoisotopic (exact) mass is 867 g/mol. The molecule has 3 unspecified atom stereocenters. The Hall–Kier alpha value is -1.28. The summed E-state index contributed by atoms with van der Waals surface area (Å²) in [7, 11) is 1.24. The van der Waals surface area contributed by atoms with Gasteiger partial charge in [0.2, 0.25) is 5.91 Å². The topological polar surface area (TPSA) is 108 Å². The summed E-state index contributed by atoms with van der Waals surface area (Å²) < 4.78 is 23.2. The minimum absolute atomic E-state index is 0.00625. The minimum atomic E-state index is -4.59. The van der Waals surface area contributed by atoms with Crippen LogP contribution in [0.4, 0.5) is 0 Å². The molecule has 0 aromatic heterocycles. The maximum Gasteiger partial charge on any atom is 0.268 e. The van der Waals surface area contributed by atoms with E-state index in [1.54, 1.807) is 6.08 Å².